The number of fused-ring (bicyclic) bond motifs is 1. The van der Waals surface area contributed by atoms with Crippen LogP contribution in [0.25, 0.3) is 11.6 Å². The highest BCUT2D eigenvalue weighted by Gasteiger charge is 2.25. The lowest BCUT2D eigenvalue weighted by Crippen LogP contribution is -2.10. The maximum Gasteiger partial charge on any atom is 0.336 e. The first-order chi connectivity index (χ1) is 8.18. The third-order valence-corrected chi connectivity index (χ3v) is 2.76. The average Bonchev–Trinajstić information content (AvgIpc) is 2.95. The number of halogens is 2. The Hall–Kier alpha value is -1.90. The molecule has 0 atom stereocenters. The first kappa shape index (κ1) is 10.3. The zero-order valence-corrected chi connectivity index (χ0v) is 8.93. The molecule has 7 nitrogen and oxygen atoms in total. The number of aromatic nitrogens is 6. The Bertz CT molecular complexity index is 558. The number of nitrogens with zero attached hydrogens (tertiary/aromatic N) is 6. The van der Waals surface area contributed by atoms with Crippen LogP contribution < -0.4 is 5.32 Å². The van der Waals surface area contributed by atoms with Crippen LogP contribution in [0.1, 0.15) is 17.9 Å². The van der Waals surface area contributed by atoms with E-state index in [4.69, 9.17) is 0 Å². The van der Waals surface area contributed by atoms with Crippen molar-refractivity contribution < 1.29 is 8.78 Å². The molecule has 1 N–H and O–H groups in total. The number of alkyl halides is 2. The molecule has 0 aliphatic carbocycles. The molecule has 0 spiro atoms. The molecule has 0 bridgehead atoms. The Kier molecular flexibility index (Phi) is 2.15. The van der Waals surface area contributed by atoms with Crippen molar-refractivity contribution >= 4 is 0 Å². The lowest BCUT2D eigenvalue weighted by atomic mass is 10.4. The highest BCUT2D eigenvalue weighted by atomic mass is 19.3. The highest BCUT2D eigenvalue weighted by Crippen LogP contribution is 2.24. The fraction of sp³-hybridized carbons (Fsp3) is 0.500. The highest BCUT2D eigenvalue weighted by molar-refractivity contribution is 5.46. The standard InChI is InChI=1S/C8H9F2N7/c1-16-5-3-11-2-4(5)12-6(16)7-13-14-15-17(7)8(9)10/h8,11H,2-3H2,1H3. The Morgan fingerprint density at radius 1 is 1.29 bits per heavy atom. The van der Waals surface area contributed by atoms with Crippen LogP contribution in [0.5, 0.6) is 0 Å². The molecule has 17 heavy (non-hydrogen) atoms. The Balaban J connectivity index is 2.13. The molecule has 0 saturated heterocycles. The predicted molar refractivity (Wildman–Crippen MR) is 51.8 cm³/mol. The molecular weight excluding hydrogens is 232 g/mol. The van der Waals surface area contributed by atoms with Gasteiger partial charge in [-0.3, -0.25) is 0 Å². The van der Waals surface area contributed by atoms with Gasteiger partial charge in [-0.25, -0.2) is 4.98 Å². The van der Waals surface area contributed by atoms with Crippen molar-refractivity contribution in [3.63, 3.8) is 0 Å². The predicted octanol–water partition coefficient (Wildman–Crippen LogP) is 0.0719. The second kappa shape index (κ2) is 3.55. The van der Waals surface area contributed by atoms with E-state index in [2.05, 4.69) is 25.8 Å². The molecule has 2 aromatic heterocycles. The van der Waals surface area contributed by atoms with E-state index in [0.29, 0.717) is 23.6 Å². The van der Waals surface area contributed by atoms with Crippen LogP contribution in [0, 0.1) is 0 Å². The van der Waals surface area contributed by atoms with Crippen molar-refractivity contribution in [2.45, 2.75) is 19.6 Å². The van der Waals surface area contributed by atoms with Crippen molar-refractivity contribution in [2.75, 3.05) is 0 Å². The molecule has 0 fully saturated rings. The van der Waals surface area contributed by atoms with Crippen LogP contribution >= 0.6 is 0 Å². The number of hydrogen-bond acceptors (Lipinski definition) is 5. The van der Waals surface area contributed by atoms with Crippen LogP contribution in [0.3, 0.4) is 0 Å². The molecular formula is C8H9F2N7. The van der Waals surface area contributed by atoms with Crippen molar-refractivity contribution in [1.82, 2.24) is 35.1 Å². The minimum atomic E-state index is -2.77. The van der Waals surface area contributed by atoms with Gasteiger partial charge in [0.2, 0.25) is 5.82 Å². The topological polar surface area (TPSA) is 73.5 Å². The largest absolute Gasteiger partial charge is 0.336 e. The van der Waals surface area contributed by atoms with E-state index in [1.165, 1.54) is 0 Å². The van der Waals surface area contributed by atoms with Gasteiger partial charge in [-0.15, -0.1) is 5.10 Å². The van der Waals surface area contributed by atoms with Crippen LogP contribution in [-0.4, -0.2) is 29.8 Å². The molecule has 9 heteroatoms. The maximum atomic E-state index is 12.7. The molecule has 0 aromatic carbocycles. The molecule has 1 aliphatic heterocycles. The van der Waals surface area contributed by atoms with Gasteiger partial charge >= 0.3 is 6.55 Å². The molecule has 3 rings (SSSR count). The molecule has 2 aromatic rings. The van der Waals surface area contributed by atoms with E-state index >= 15 is 0 Å². The second-order valence-corrected chi connectivity index (χ2v) is 3.72. The summed E-state index contributed by atoms with van der Waals surface area (Å²) in [5, 5.41) is 13.2. The minimum absolute atomic E-state index is 0.0168. The minimum Gasteiger partial charge on any atom is -0.327 e. The monoisotopic (exact) mass is 241 g/mol. The number of imidazole rings is 1. The van der Waals surface area contributed by atoms with Gasteiger partial charge in [0.05, 0.1) is 11.4 Å². The molecule has 0 saturated carbocycles. The first-order valence-corrected chi connectivity index (χ1v) is 5.00. The SMILES string of the molecule is Cn1c(-c2nnnn2C(F)F)nc2c1CNC2. The van der Waals surface area contributed by atoms with E-state index in [-0.39, 0.29) is 5.82 Å². The average molecular weight is 241 g/mol. The molecule has 0 unspecified atom stereocenters. The van der Waals surface area contributed by atoms with Gasteiger partial charge in [-0.1, -0.05) is 0 Å². The van der Waals surface area contributed by atoms with Crippen LogP contribution in [-0.2, 0) is 20.1 Å². The molecule has 90 valence electrons. The summed E-state index contributed by atoms with van der Waals surface area (Å²) < 4.78 is 27.5. The number of tetrazole rings is 1. The Labute approximate surface area is 94.4 Å². The van der Waals surface area contributed by atoms with Crippen LogP contribution in [0.4, 0.5) is 8.78 Å². The third kappa shape index (κ3) is 1.42. The van der Waals surface area contributed by atoms with Crippen LogP contribution in [0.2, 0.25) is 0 Å². The number of rotatable bonds is 2. The number of nitrogens with one attached hydrogen (secondary N) is 1. The molecule has 0 radical (unpaired) electrons. The van der Waals surface area contributed by atoms with Gasteiger partial charge in [-0.2, -0.15) is 13.5 Å². The summed E-state index contributed by atoms with van der Waals surface area (Å²) in [5.41, 5.74) is 1.83. The van der Waals surface area contributed by atoms with E-state index in [0.717, 1.165) is 11.4 Å². The normalized spacial score (nSPS) is 14.6. The zero-order valence-electron chi connectivity index (χ0n) is 8.93. The van der Waals surface area contributed by atoms with Gasteiger partial charge in [0.15, 0.2) is 5.82 Å². The van der Waals surface area contributed by atoms with Gasteiger partial charge in [0, 0.05) is 20.1 Å². The summed E-state index contributed by atoms with van der Waals surface area (Å²) >= 11 is 0. The Morgan fingerprint density at radius 2 is 2.12 bits per heavy atom. The summed E-state index contributed by atoms with van der Waals surface area (Å²) in [5.74, 6) is 0.346. The fourth-order valence-electron chi connectivity index (χ4n) is 1.92. The lowest BCUT2D eigenvalue weighted by Gasteiger charge is -2.04. The summed E-state index contributed by atoms with van der Waals surface area (Å²) in [6.45, 7) is -1.46. The molecule has 3 heterocycles. The van der Waals surface area contributed by atoms with E-state index in [1.807, 2.05) is 0 Å². The molecule has 0 amide bonds. The molecule has 1 aliphatic rings. The quantitative estimate of drug-likeness (QED) is 0.805. The van der Waals surface area contributed by atoms with E-state index in [1.54, 1.807) is 11.6 Å². The van der Waals surface area contributed by atoms with Crippen molar-refractivity contribution in [2.24, 2.45) is 7.05 Å². The summed E-state index contributed by atoms with van der Waals surface area (Å²) in [7, 11) is 1.76. The smallest absolute Gasteiger partial charge is 0.327 e. The number of hydrogen-bond donors (Lipinski definition) is 1. The van der Waals surface area contributed by atoms with Gasteiger partial charge in [-0.05, 0) is 10.4 Å². The van der Waals surface area contributed by atoms with Crippen LogP contribution in [0.15, 0.2) is 0 Å². The zero-order chi connectivity index (χ0) is 12.0. The summed E-state index contributed by atoms with van der Waals surface area (Å²) in [4.78, 5) is 4.28. The van der Waals surface area contributed by atoms with Gasteiger partial charge < -0.3 is 9.88 Å². The lowest BCUT2D eigenvalue weighted by molar-refractivity contribution is 0.0562. The second-order valence-electron chi connectivity index (χ2n) is 3.72. The summed E-state index contributed by atoms with van der Waals surface area (Å²) in [6.07, 6.45) is 0. The summed E-state index contributed by atoms with van der Waals surface area (Å²) in [6, 6.07) is 0. The van der Waals surface area contributed by atoms with E-state index < -0.39 is 6.55 Å². The maximum absolute atomic E-state index is 12.7. The van der Waals surface area contributed by atoms with Gasteiger partial charge in [0.25, 0.3) is 0 Å². The third-order valence-electron chi connectivity index (χ3n) is 2.76. The van der Waals surface area contributed by atoms with Crippen molar-refractivity contribution in [1.29, 1.82) is 0 Å². The fourth-order valence-corrected chi connectivity index (χ4v) is 1.92. The van der Waals surface area contributed by atoms with Crippen molar-refractivity contribution in [3.8, 4) is 11.6 Å². The Morgan fingerprint density at radius 3 is 2.82 bits per heavy atom. The van der Waals surface area contributed by atoms with Crippen molar-refractivity contribution in [3.05, 3.63) is 11.4 Å². The van der Waals surface area contributed by atoms with E-state index in [9.17, 15) is 8.78 Å². The first-order valence-electron chi connectivity index (χ1n) is 5.00. The van der Waals surface area contributed by atoms with Gasteiger partial charge in [0.1, 0.15) is 0 Å².